The summed E-state index contributed by atoms with van der Waals surface area (Å²) < 4.78 is 0. The Hall–Kier alpha value is -1.36. The average Bonchev–Trinajstić information content (AvgIpc) is 2.32. The van der Waals surface area contributed by atoms with Gasteiger partial charge in [0.25, 0.3) is 0 Å². The molecular formula is C12H21N5. The van der Waals surface area contributed by atoms with Crippen molar-refractivity contribution < 1.29 is 0 Å². The molecule has 0 unspecified atom stereocenters. The number of nitrogens with one attached hydrogen (secondary N) is 1. The van der Waals surface area contributed by atoms with Crippen molar-refractivity contribution in [2.24, 2.45) is 0 Å². The molecule has 1 aromatic rings. The van der Waals surface area contributed by atoms with Crippen LogP contribution in [0.2, 0.25) is 0 Å². The largest absolute Gasteiger partial charge is 0.384 e. The van der Waals surface area contributed by atoms with Gasteiger partial charge in [0.05, 0.1) is 0 Å². The van der Waals surface area contributed by atoms with Gasteiger partial charge in [-0.05, 0) is 31.9 Å². The highest BCUT2D eigenvalue weighted by Crippen LogP contribution is 2.14. The lowest BCUT2D eigenvalue weighted by atomic mass is 10.1. The van der Waals surface area contributed by atoms with Crippen LogP contribution < -0.4 is 11.1 Å². The summed E-state index contributed by atoms with van der Waals surface area (Å²) in [5, 5.41) is 3.36. The zero-order valence-electron chi connectivity index (χ0n) is 10.4. The van der Waals surface area contributed by atoms with E-state index in [0.29, 0.717) is 17.8 Å². The van der Waals surface area contributed by atoms with E-state index in [2.05, 4.69) is 27.1 Å². The van der Waals surface area contributed by atoms with E-state index >= 15 is 0 Å². The topological polar surface area (TPSA) is 67.1 Å². The van der Waals surface area contributed by atoms with Gasteiger partial charge in [0, 0.05) is 25.3 Å². The number of rotatable bonds is 4. The second-order valence-electron chi connectivity index (χ2n) is 4.57. The Morgan fingerprint density at radius 2 is 2.24 bits per heavy atom. The van der Waals surface area contributed by atoms with E-state index in [1.54, 1.807) is 12.3 Å². The molecule has 1 aromatic heterocycles. The molecule has 0 aliphatic carbocycles. The lowest BCUT2D eigenvalue weighted by Crippen LogP contribution is -2.39. The molecule has 0 radical (unpaired) electrons. The molecule has 2 rings (SSSR count). The standard InChI is InChI=1S/C12H21N5/c1-2-7-17-8-4-10(5-9-17)15-12-14-6-3-11(13)16-12/h3,6,10H,2,4-5,7-9H2,1H3,(H3,13,14,15,16). The fourth-order valence-electron chi connectivity index (χ4n) is 2.24. The van der Waals surface area contributed by atoms with Crippen LogP contribution in [0.3, 0.4) is 0 Å². The van der Waals surface area contributed by atoms with Gasteiger partial charge in [-0.3, -0.25) is 0 Å². The van der Waals surface area contributed by atoms with Crippen LogP contribution in [0.15, 0.2) is 12.3 Å². The molecular weight excluding hydrogens is 214 g/mol. The third-order valence-electron chi connectivity index (χ3n) is 3.14. The lowest BCUT2D eigenvalue weighted by molar-refractivity contribution is 0.219. The molecule has 0 spiro atoms. The second kappa shape index (κ2) is 5.82. The Bertz CT molecular complexity index is 347. The van der Waals surface area contributed by atoms with E-state index in [1.165, 1.54) is 13.0 Å². The maximum Gasteiger partial charge on any atom is 0.224 e. The maximum absolute atomic E-state index is 5.63. The summed E-state index contributed by atoms with van der Waals surface area (Å²) in [4.78, 5) is 10.9. The molecule has 2 heterocycles. The number of hydrogen-bond acceptors (Lipinski definition) is 5. The molecule has 94 valence electrons. The van der Waals surface area contributed by atoms with Gasteiger partial charge in [-0.15, -0.1) is 0 Å². The van der Waals surface area contributed by atoms with Crippen LogP contribution in [-0.2, 0) is 0 Å². The number of nitrogens with zero attached hydrogens (tertiary/aromatic N) is 3. The summed E-state index contributed by atoms with van der Waals surface area (Å²) in [6.45, 7) is 5.76. The normalized spacial score (nSPS) is 18.2. The highest BCUT2D eigenvalue weighted by molar-refractivity contribution is 5.35. The van der Waals surface area contributed by atoms with Crippen molar-refractivity contribution in [1.29, 1.82) is 0 Å². The molecule has 1 aliphatic rings. The summed E-state index contributed by atoms with van der Waals surface area (Å²) in [5.74, 6) is 1.17. The molecule has 1 aliphatic heterocycles. The summed E-state index contributed by atoms with van der Waals surface area (Å²) >= 11 is 0. The molecule has 5 nitrogen and oxygen atoms in total. The molecule has 5 heteroatoms. The molecule has 1 fully saturated rings. The van der Waals surface area contributed by atoms with Crippen molar-refractivity contribution >= 4 is 11.8 Å². The smallest absolute Gasteiger partial charge is 0.224 e. The lowest BCUT2D eigenvalue weighted by Gasteiger charge is -2.32. The van der Waals surface area contributed by atoms with E-state index < -0.39 is 0 Å². The molecule has 0 amide bonds. The minimum atomic E-state index is 0.477. The van der Waals surface area contributed by atoms with Crippen LogP contribution in [0.25, 0.3) is 0 Å². The van der Waals surface area contributed by atoms with Crippen molar-refractivity contribution in [1.82, 2.24) is 14.9 Å². The average molecular weight is 235 g/mol. The van der Waals surface area contributed by atoms with Gasteiger partial charge in [0.15, 0.2) is 0 Å². The van der Waals surface area contributed by atoms with Crippen LogP contribution >= 0.6 is 0 Å². The highest BCUT2D eigenvalue weighted by Gasteiger charge is 2.18. The van der Waals surface area contributed by atoms with Crippen molar-refractivity contribution in [3.8, 4) is 0 Å². The van der Waals surface area contributed by atoms with Crippen molar-refractivity contribution in [3.63, 3.8) is 0 Å². The first-order valence-electron chi connectivity index (χ1n) is 6.35. The summed E-state index contributed by atoms with van der Waals surface area (Å²) in [5.41, 5.74) is 5.63. The number of anilines is 2. The number of nitrogen functional groups attached to an aromatic ring is 1. The molecule has 0 aromatic carbocycles. The fraction of sp³-hybridized carbons (Fsp3) is 0.667. The highest BCUT2D eigenvalue weighted by atomic mass is 15.2. The van der Waals surface area contributed by atoms with Gasteiger partial charge < -0.3 is 16.0 Å². The third-order valence-corrected chi connectivity index (χ3v) is 3.14. The van der Waals surface area contributed by atoms with Crippen LogP contribution in [0.5, 0.6) is 0 Å². The molecule has 17 heavy (non-hydrogen) atoms. The van der Waals surface area contributed by atoms with E-state index in [-0.39, 0.29) is 0 Å². The SMILES string of the molecule is CCCN1CCC(Nc2nccc(N)n2)CC1. The summed E-state index contributed by atoms with van der Waals surface area (Å²) in [6, 6.07) is 2.18. The van der Waals surface area contributed by atoms with Crippen molar-refractivity contribution in [2.75, 3.05) is 30.7 Å². The van der Waals surface area contributed by atoms with Crippen molar-refractivity contribution in [2.45, 2.75) is 32.2 Å². The number of piperidine rings is 1. The van der Waals surface area contributed by atoms with E-state index in [1.807, 2.05) is 0 Å². The van der Waals surface area contributed by atoms with Gasteiger partial charge in [0.2, 0.25) is 5.95 Å². The Balaban J connectivity index is 1.82. The third kappa shape index (κ3) is 3.56. The first-order valence-corrected chi connectivity index (χ1v) is 6.35. The zero-order chi connectivity index (χ0) is 12.1. The molecule has 1 saturated heterocycles. The fourth-order valence-corrected chi connectivity index (χ4v) is 2.24. The number of hydrogen-bond donors (Lipinski definition) is 2. The summed E-state index contributed by atoms with van der Waals surface area (Å²) in [6.07, 6.45) is 5.23. The molecule has 0 saturated carbocycles. The quantitative estimate of drug-likeness (QED) is 0.824. The Labute approximate surface area is 102 Å². The van der Waals surface area contributed by atoms with Crippen molar-refractivity contribution in [3.05, 3.63) is 12.3 Å². The van der Waals surface area contributed by atoms with Gasteiger partial charge in [-0.2, -0.15) is 4.98 Å². The molecule has 0 atom stereocenters. The van der Waals surface area contributed by atoms with E-state index in [4.69, 9.17) is 5.73 Å². The van der Waals surface area contributed by atoms with Crippen LogP contribution in [-0.4, -0.2) is 40.5 Å². The molecule has 3 N–H and O–H groups in total. The zero-order valence-corrected chi connectivity index (χ0v) is 10.4. The van der Waals surface area contributed by atoms with Gasteiger partial charge >= 0.3 is 0 Å². The van der Waals surface area contributed by atoms with Crippen LogP contribution in [0, 0.1) is 0 Å². The van der Waals surface area contributed by atoms with E-state index in [0.717, 1.165) is 25.9 Å². The van der Waals surface area contributed by atoms with Gasteiger partial charge in [-0.25, -0.2) is 4.98 Å². The maximum atomic E-state index is 5.63. The minimum Gasteiger partial charge on any atom is -0.384 e. The molecule has 0 bridgehead atoms. The number of aromatic nitrogens is 2. The number of likely N-dealkylation sites (tertiary alicyclic amines) is 1. The van der Waals surface area contributed by atoms with Crippen LogP contribution in [0.4, 0.5) is 11.8 Å². The predicted octanol–water partition coefficient (Wildman–Crippen LogP) is 1.35. The first-order chi connectivity index (χ1) is 8.28. The minimum absolute atomic E-state index is 0.477. The van der Waals surface area contributed by atoms with Gasteiger partial charge in [0.1, 0.15) is 5.82 Å². The Morgan fingerprint density at radius 1 is 1.47 bits per heavy atom. The van der Waals surface area contributed by atoms with Crippen LogP contribution in [0.1, 0.15) is 26.2 Å². The Kier molecular flexibility index (Phi) is 4.14. The van der Waals surface area contributed by atoms with Gasteiger partial charge in [-0.1, -0.05) is 6.92 Å². The summed E-state index contributed by atoms with van der Waals surface area (Å²) in [7, 11) is 0. The first kappa shape index (κ1) is 12.1. The van der Waals surface area contributed by atoms with E-state index in [9.17, 15) is 0 Å². The predicted molar refractivity (Wildman–Crippen MR) is 69.8 cm³/mol. The monoisotopic (exact) mass is 235 g/mol. The second-order valence-corrected chi connectivity index (χ2v) is 4.57. The number of nitrogens with two attached hydrogens (primary N) is 1. The Morgan fingerprint density at radius 3 is 2.88 bits per heavy atom.